The van der Waals surface area contributed by atoms with Gasteiger partial charge in [0.15, 0.2) is 0 Å². The first kappa shape index (κ1) is 10.7. The quantitative estimate of drug-likeness (QED) is 0.730. The summed E-state index contributed by atoms with van der Waals surface area (Å²) in [6.45, 7) is 1.57. The van der Waals surface area contributed by atoms with Crippen LogP contribution in [0.3, 0.4) is 0 Å². The van der Waals surface area contributed by atoms with Gasteiger partial charge < -0.3 is 0 Å². The van der Waals surface area contributed by atoms with E-state index in [-0.39, 0.29) is 24.2 Å². The Labute approximate surface area is 91.5 Å². The molecule has 2 rings (SSSR count). The Morgan fingerprint density at radius 2 is 1.81 bits per heavy atom. The normalized spacial score (nSPS) is 17.8. The van der Waals surface area contributed by atoms with Crippen LogP contribution in [0.25, 0.3) is 0 Å². The van der Waals surface area contributed by atoms with Gasteiger partial charge in [0, 0.05) is 18.4 Å². The fourth-order valence-electron chi connectivity index (χ4n) is 2.09. The highest BCUT2D eigenvalue weighted by Crippen LogP contribution is 2.43. The van der Waals surface area contributed by atoms with Crippen LogP contribution in [-0.4, -0.2) is 5.78 Å². The van der Waals surface area contributed by atoms with Crippen LogP contribution in [0, 0.1) is 29.9 Å². The first-order chi connectivity index (χ1) is 7.48. The summed E-state index contributed by atoms with van der Waals surface area (Å²) in [6.07, 6.45) is -0.194. The van der Waals surface area contributed by atoms with E-state index in [1.807, 2.05) is 6.07 Å². The van der Waals surface area contributed by atoms with E-state index in [9.17, 15) is 13.6 Å². The van der Waals surface area contributed by atoms with Crippen molar-refractivity contribution in [2.24, 2.45) is 0 Å². The molecule has 0 atom stereocenters. The molecule has 0 radical (unpaired) electrons. The number of benzene rings is 1. The molecule has 2 nitrogen and oxygen atoms in total. The van der Waals surface area contributed by atoms with Gasteiger partial charge in [0.2, 0.25) is 0 Å². The molecular formula is C12H9F2NO. The zero-order valence-electron chi connectivity index (χ0n) is 8.68. The number of aryl methyl sites for hydroxylation is 1. The van der Waals surface area contributed by atoms with Crippen molar-refractivity contribution in [1.82, 2.24) is 0 Å². The Kier molecular flexibility index (Phi) is 2.27. The van der Waals surface area contributed by atoms with Gasteiger partial charge in [0.05, 0.1) is 6.07 Å². The minimum absolute atomic E-state index is 0.0968. The summed E-state index contributed by atoms with van der Waals surface area (Å²) in [6, 6.07) is 4.22. The number of hydrogen-bond donors (Lipinski definition) is 0. The molecule has 1 aliphatic carbocycles. The van der Waals surface area contributed by atoms with Gasteiger partial charge in [0.1, 0.15) is 22.8 Å². The Morgan fingerprint density at radius 1 is 1.31 bits per heavy atom. The molecule has 1 saturated carbocycles. The van der Waals surface area contributed by atoms with E-state index in [1.54, 1.807) is 6.92 Å². The van der Waals surface area contributed by atoms with Crippen LogP contribution in [0.4, 0.5) is 8.78 Å². The van der Waals surface area contributed by atoms with Gasteiger partial charge >= 0.3 is 0 Å². The third-order valence-corrected chi connectivity index (χ3v) is 2.88. The molecule has 1 aromatic rings. The molecular weight excluding hydrogens is 212 g/mol. The van der Waals surface area contributed by atoms with E-state index in [2.05, 4.69) is 0 Å². The second-order valence-corrected chi connectivity index (χ2v) is 4.19. The van der Waals surface area contributed by atoms with Crippen LogP contribution in [-0.2, 0) is 10.2 Å². The molecule has 82 valence electrons. The van der Waals surface area contributed by atoms with E-state index < -0.39 is 17.0 Å². The summed E-state index contributed by atoms with van der Waals surface area (Å²) in [5.74, 6) is -1.63. The Hall–Kier alpha value is -1.76. The van der Waals surface area contributed by atoms with Crippen molar-refractivity contribution < 1.29 is 13.6 Å². The van der Waals surface area contributed by atoms with Crippen LogP contribution in [0.15, 0.2) is 12.1 Å². The minimum Gasteiger partial charge on any atom is -0.300 e. The van der Waals surface area contributed by atoms with Crippen LogP contribution in [0.2, 0.25) is 0 Å². The maximum absolute atomic E-state index is 13.6. The standard InChI is InChI=1S/C12H9F2NO/c1-7-2-9(13)11(10(14)3-7)12(6-15)4-8(16)5-12/h2-3H,4-5H2,1H3. The second-order valence-electron chi connectivity index (χ2n) is 4.19. The molecule has 4 heteroatoms. The van der Waals surface area contributed by atoms with Gasteiger partial charge in [-0.3, -0.25) is 4.79 Å². The number of rotatable bonds is 1. The van der Waals surface area contributed by atoms with E-state index in [0.717, 1.165) is 0 Å². The van der Waals surface area contributed by atoms with Crippen molar-refractivity contribution in [2.75, 3.05) is 0 Å². The maximum Gasteiger partial charge on any atom is 0.136 e. The smallest absolute Gasteiger partial charge is 0.136 e. The summed E-state index contributed by atoms with van der Waals surface area (Å²) in [5, 5.41) is 8.99. The molecule has 0 heterocycles. The second kappa shape index (κ2) is 3.38. The number of Topliss-reactive ketones (excluding diaryl/α,β-unsaturated/α-hetero) is 1. The third kappa shape index (κ3) is 1.40. The van der Waals surface area contributed by atoms with Crippen LogP contribution in [0.1, 0.15) is 24.0 Å². The predicted molar refractivity (Wildman–Crippen MR) is 52.6 cm³/mol. The van der Waals surface area contributed by atoms with Gasteiger partial charge in [-0.05, 0) is 24.6 Å². The lowest BCUT2D eigenvalue weighted by atomic mass is 9.64. The molecule has 0 aliphatic heterocycles. The fraction of sp³-hybridized carbons (Fsp3) is 0.333. The number of nitriles is 1. The average molecular weight is 221 g/mol. The topological polar surface area (TPSA) is 40.9 Å². The van der Waals surface area contributed by atoms with Gasteiger partial charge in [-0.2, -0.15) is 5.26 Å². The zero-order valence-corrected chi connectivity index (χ0v) is 8.68. The summed E-state index contributed by atoms with van der Waals surface area (Å²) in [4.78, 5) is 10.9. The predicted octanol–water partition coefficient (Wildman–Crippen LogP) is 2.40. The van der Waals surface area contributed by atoms with E-state index >= 15 is 0 Å². The van der Waals surface area contributed by atoms with Crippen LogP contribution < -0.4 is 0 Å². The van der Waals surface area contributed by atoms with Crippen LogP contribution >= 0.6 is 0 Å². The number of carbonyl (C=O) groups excluding carboxylic acids is 1. The largest absolute Gasteiger partial charge is 0.300 e. The van der Waals surface area contributed by atoms with Crippen molar-refractivity contribution in [3.63, 3.8) is 0 Å². The van der Waals surface area contributed by atoms with Crippen molar-refractivity contribution >= 4 is 5.78 Å². The zero-order chi connectivity index (χ0) is 11.9. The minimum atomic E-state index is -1.29. The van der Waals surface area contributed by atoms with E-state index in [0.29, 0.717) is 5.56 Å². The Balaban J connectivity index is 2.57. The maximum atomic E-state index is 13.6. The van der Waals surface area contributed by atoms with Crippen molar-refractivity contribution in [3.8, 4) is 6.07 Å². The van der Waals surface area contributed by atoms with Gasteiger partial charge in [0.25, 0.3) is 0 Å². The fourth-order valence-corrected chi connectivity index (χ4v) is 2.09. The average Bonchev–Trinajstić information content (AvgIpc) is 2.12. The highest BCUT2D eigenvalue weighted by atomic mass is 19.1. The molecule has 16 heavy (non-hydrogen) atoms. The summed E-state index contributed by atoms with van der Waals surface area (Å²) in [5.41, 5.74) is -1.10. The molecule has 0 bridgehead atoms. The lowest BCUT2D eigenvalue weighted by molar-refractivity contribution is -0.126. The van der Waals surface area contributed by atoms with Gasteiger partial charge in [-0.15, -0.1) is 0 Å². The van der Waals surface area contributed by atoms with E-state index in [1.165, 1.54) is 12.1 Å². The highest BCUT2D eigenvalue weighted by Gasteiger charge is 2.48. The third-order valence-electron chi connectivity index (χ3n) is 2.88. The van der Waals surface area contributed by atoms with Gasteiger partial charge in [-0.1, -0.05) is 0 Å². The van der Waals surface area contributed by atoms with E-state index in [4.69, 9.17) is 5.26 Å². The lowest BCUT2D eigenvalue weighted by Crippen LogP contribution is -2.41. The Morgan fingerprint density at radius 3 is 2.19 bits per heavy atom. The molecule has 0 unspecified atom stereocenters. The molecule has 0 saturated heterocycles. The molecule has 1 aliphatic rings. The molecule has 0 spiro atoms. The monoisotopic (exact) mass is 221 g/mol. The first-order valence-corrected chi connectivity index (χ1v) is 4.87. The van der Waals surface area contributed by atoms with Crippen LogP contribution in [0.5, 0.6) is 0 Å². The number of carbonyl (C=O) groups is 1. The molecule has 1 aromatic carbocycles. The van der Waals surface area contributed by atoms with Crippen molar-refractivity contribution in [3.05, 3.63) is 34.9 Å². The summed E-state index contributed by atoms with van der Waals surface area (Å²) in [7, 11) is 0. The summed E-state index contributed by atoms with van der Waals surface area (Å²) < 4.78 is 27.3. The summed E-state index contributed by atoms with van der Waals surface area (Å²) >= 11 is 0. The Bertz CT molecular complexity index is 485. The van der Waals surface area contributed by atoms with Crippen molar-refractivity contribution in [2.45, 2.75) is 25.2 Å². The molecule has 0 aromatic heterocycles. The lowest BCUT2D eigenvalue weighted by Gasteiger charge is -2.34. The van der Waals surface area contributed by atoms with Gasteiger partial charge in [-0.25, -0.2) is 8.78 Å². The number of ketones is 1. The molecule has 0 amide bonds. The highest BCUT2D eigenvalue weighted by molar-refractivity contribution is 5.90. The molecule has 1 fully saturated rings. The number of nitrogens with zero attached hydrogens (tertiary/aromatic N) is 1. The first-order valence-electron chi connectivity index (χ1n) is 4.87. The number of halogens is 2. The SMILES string of the molecule is Cc1cc(F)c(C2(C#N)CC(=O)C2)c(F)c1. The number of hydrogen-bond acceptors (Lipinski definition) is 2. The molecule has 0 N–H and O–H groups in total. The van der Waals surface area contributed by atoms with Crippen molar-refractivity contribution in [1.29, 1.82) is 5.26 Å².